The Hall–Kier alpha value is -4.22. The third-order valence-electron chi connectivity index (χ3n) is 10.9. The number of rotatable bonds is 12. The normalized spacial score (nSPS) is 19.3. The quantitative estimate of drug-likeness (QED) is 0.217. The summed E-state index contributed by atoms with van der Waals surface area (Å²) in [7, 11) is -4.17. The highest BCUT2D eigenvalue weighted by atomic mass is 32.2. The average Bonchev–Trinajstić information content (AvgIpc) is 3.89. The lowest BCUT2D eigenvalue weighted by atomic mass is 9.71. The van der Waals surface area contributed by atoms with Crippen LogP contribution in [-0.2, 0) is 37.4 Å². The van der Waals surface area contributed by atoms with E-state index in [2.05, 4.69) is 20.2 Å². The van der Waals surface area contributed by atoms with Gasteiger partial charge in [0.1, 0.15) is 23.6 Å². The minimum Gasteiger partial charge on any atom is -0.481 e. The Morgan fingerprint density at radius 3 is 2.53 bits per heavy atom. The zero-order valence-corrected chi connectivity index (χ0v) is 32.9. The Bertz CT molecular complexity index is 2110. The molecule has 1 saturated heterocycles. The van der Waals surface area contributed by atoms with E-state index in [1.807, 2.05) is 42.8 Å². The van der Waals surface area contributed by atoms with Gasteiger partial charge in [-0.15, -0.1) is 5.10 Å². The smallest absolute Gasteiger partial charge is 0.310 e. The lowest BCUT2D eigenvalue weighted by Crippen LogP contribution is -2.38. The molecule has 1 N–H and O–H groups in total. The highest BCUT2D eigenvalue weighted by Crippen LogP contribution is 2.43. The first-order valence-corrected chi connectivity index (χ1v) is 20.5. The maximum absolute atomic E-state index is 14.5. The van der Waals surface area contributed by atoms with Crippen molar-refractivity contribution in [1.29, 1.82) is 0 Å². The van der Waals surface area contributed by atoms with Crippen LogP contribution in [0.2, 0.25) is 0 Å². The molecule has 1 aromatic carbocycles. The highest BCUT2D eigenvalue weighted by molar-refractivity contribution is 7.89. The van der Waals surface area contributed by atoms with Crippen LogP contribution in [0.25, 0.3) is 11.0 Å². The second-order valence-corrected chi connectivity index (χ2v) is 17.1. The molecule has 1 atom stereocenters. The molecule has 0 bridgehead atoms. The van der Waals surface area contributed by atoms with Gasteiger partial charge in [0.05, 0.1) is 43.0 Å². The summed E-state index contributed by atoms with van der Waals surface area (Å²) in [5, 5.41) is 19.5. The maximum Gasteiger partial charge on any atom is 0.310 e. The number of nitrogens with zero attached hydrogens (tertiary/aromatic N) is 7. The van der Waals surface area contributed by atoms with Crippen molar-refractivity contribution in [2.24, 2.45) is 11.3 Å². The van der Waals surface area contributed by atoms with E-state index in [1.54, 1.807) is 19.9 Å². The van der Waals surface area contributed by atoms with Gasteiger partial charge in [0, 0.05) is 57.0 Å². The molecule has 0 radical (unpaired) electrons. The van der Waals surface area contributed by atoms with E-state index < -0.39 is 27.3 Å². The molecular weight excluding hydrogens is 727 g/mol. The van der Waals surface area contributed by atoms with Gasteiger partial charge < -0.3 is 24.1 Å². The molecule has 0 spiro atoms. The summed E-state index contributed by atoms with van der Waals surface area (Å²) in [6, 6.07) is 10.7. The first-order chi connectivity index (χ1) is 26.4. The lowest BCUT2D eigenvalue weighted by Gasteiger charge is -2.32. The summed E-state index contributed by atoms with van der Waals surface area (Å²) in [5.74, 6) is -0.847. The molecule has 7 rings (SSSR count). The standard InChI is InChI=1S/C39H51N7O8S/c1-26-6-10-30(35(39(3,4)38(47)48)29-9-11-32-36(27(29)2)42-43-46(32)24-28-7-8-28)40-31(26)25-45-14-5-18-51-22-23-54-37-33(55(45,49)50)12-13-34(41-37)53-21-17-44-15-19-52-20-16-44/h6,9-13,28,35H,5,7-8,14-25H2,1-4H3,(H,47,48). The monoisotopic (exact) mass is 777 g/mol. The Labute approximate surface area is 322 Å². The second-order valence-electron chi connectivity index (χ2n) is 15.2. The summed E-state index contributed by atoms with van der Waals surface area (Å²) < 4.78 is 55.4. The molecule has 1 aliphatic carbocycles. The van der Waals surface area contributed by atoms with Crippen LogP contribution in [0.1, 0.15) is 67.1 Å². The van der Waals surface area contributed by atoms with E-state index in [9.17, 15) is 18.3 Å². The van der Waals surface area contributed by atoms with E-state index in [1.165, 1.54) is 23.2 Å². The third-order valence-corrected chi connectivity index (χ3v) is 12.7. The summed E-state index contributed by atoms with van der Waals surface area (Å²) >= 11 is 0. The van der Waals surface area contributed by atoms with Crippen LogP contribution < -0.4 is 9.47 Å². The number of aliphatic carboxylic acids is 1. The predicted molar refractivity (Wildman–Crippen MR) is 203 cm³/mol. The van der Waals surface area contributed by atoms with Crippen molar-refractivity contribution < 1.29 is 37.3 Å². The average molecular weight is 778 g/mol. The first kappa shape index (κ1) is 39.0. The minimum atomic E-state index is -4.17. The van der Waals surface area contributed by atoms with Gasteiger partial charge in [-0.25, -0.2) is 13.1 Å². The Kier molecular flexibility index (Phi) is 11.7. The minimum absolute atomic E-state index is 0.0546. The number of aromatic nitrogens is 5. The van der Waals surface area contributed by atoms with Crippen LogP contribution in [-0.4, -0.2) is 119 Å². The number of morpholine rings is 1. The van der Waals surface area contributed by atoms with Crippen LogP contribution >= 0.6 is 0 Å². The van der Waals surface area contributed by atoms with Gasteiger partial charge in [0.15, 0.2) is 0 Å². The van der Waals surface area contributed by atoms with E-state index >= 15 is 0 Å². The van der Waals surface area contributed by atoms with Crippen LogP contribution in [0.3, 0.4) is 0 Å². The summed E-state index contributed by atoms with van der Waals surface area (Å²) in [5.41, 5.74) is 3.77. The number of sulfonamides is 1. The van der Waals surface area contributed by atoms with E-state index in [-0.39, 0.29) is 43.0 Å². The molecule has 1 unspecified atom stereocenters. The molecule has 2 fully saturated rings. The molecule has 296 valence electrons. The van der Waals surface area contributed by atoms with Crippen molar-refractivity contribution >= 4 is 27.0 Å². The molecule has 16 heteroatoms. The Balaban J connectivity index is 1.20. The molecular formula is C39H51N7O8S. The predicted octanol–water partition coefficient (Wildman–Crippen LogP) is 4.19. The van der Waals surface area contributed by atoms with Crippen molar-refractivity contribution in [3.05, 3.63) is 64.5 Å². The van der Waals surface area contributed by atoms with Gasteiger partial charge in [-0.3, -0.25) is 14.7 Å². The topological polar surface area (TPSA) is 171 Å². The number of aryl methyl sites for hydroxylation is 2. The number of hydrogen-bond acceptors (Lipinski definition) is 12. The molecule has 0 amide bonds. The van der Waals surface area contributed by atoms with E-state index in [0.717, 1.165) is 47.4 Å². The van der Waals surface area contributed by atoms with Crippen LogP contribution in [0.4, 0.5) is 0 Å². The summed E-state index contributed by atoms with van der Waals surface area (Å²) in [6.45, 7) is 12.9. The van der Waals surface area contributed by atoms with Gasteiger partial charge in [-0.2, -0.15) is 9.29 Å². The number of pyridine rings is 2. The number of benzene rings is 1. The lowest BCUT2D eigenvalue weighted by molar-refractivity contribution is -0.147. The number of carboxylic acids is 1. The highest BCUT2D eigenvalue weighted by Gasteiger charge is 2.41. The largest absolute Gasteiger partial charge is 0.481 e. The third kappa shape index (κ3) is 8.63. The van der Waals surface area contributed by atoms with E-state index in [0.29, 0.717) is 56.7 Å². The molecule has 15 nitrogen and oxygen atoms in total. The fourth-order valence-electron chi connectivity index (χ4n) is 7.25. The van der Waals surface area contributed by atoms with Crippen molar-refractivity contribution in [2.45, 2.75) is 70.9 Å². The SMILES string of the molecule is Cc1ccc(C(c2ccc3c(nnn3CC3CC3)c2C)C(C)(C)C(=O)O)nc1CN1CCCOCCOc2nc(OCCN3CCOCC3)ccc2S1(=O)=O. The fraction of sp³-hybridized carbons (Fsp3) is 0.564. The maximum atomic E-state index is 14.5. The van der Waals surface area contributed by atoms with Crippen molar-refractivity contribution in [3.63, 3.8) is 0 Å². The first-order valence-electron chi connectivity index (χ1n) is 19.1. The Morgan fingerprint density at radius 1 is 0.982 bits per heavy atom. The number of ether oxygens (including phenoxy) is 4. The number of fused-ring (bicyclic) bond motifs is 2. The Morgan fingerprint density at radius 2 is 1.76 bits per heavy atom. The van der Waals surface area contributed by atoms with Gasteiger partial charge in [-0.05, 0) is 87.8 Å². The summed E-state index contributed by atoms with van der Waals surface area (Å²) in [4.78, 5) is 24.6. The summed E-state index contributed by atoms with van der Waals surface area (Å²) in [6.07, 6.45) is 2.81. The number of hydrogen-bond donors (Lipinski definition) is 1. The zero-order valence-electron chi connectivity index (χ0n) is 32.1. The van der Waals surface area contributed by atoms with Crippen LogP contribution in [0.15, 0.2) is 41.3 Å². The molecule has 2 aliphatic heterocycles. The van der Waals surface area contributed by atoms with E-state index in [4.69, 9.17) is 23.9 Å². The van der Waals surface area contributed by atoms with Crippen LogP contribution in [0.5, 0.6) is 11.8 Å². The second kappa shape index (κ2) is 16.5. The van der Waals surface area contributed by atoms with Gasteiger partial charge >= 0.3 is 5.97 Å². The molecule has 3 aliphatic rings. The molecule has 5 heterocycles. The molecule has 1 saturated carbocycles. The van der Waals surface area contributed by atoms with Gasteiger partial charge in [-0.1, -0.05) is 17.3 Å². The van der Waals surface area contributed by atoms with Crippen molar-refractivity contribution in [3.8, 4) is 11.8 Å². The molecule has 3 aromatic heterocycles. The van der Waals surface area contributed by atoms with Crippen molar-refractivity contribution in [1.82, 2.24) is 34.2 Å². The zero-order chi connectivity index (χ0) is 38.7. The molecule has 55 heavy (non-hydrogen) atoms. The van der Waals surface area contributed by atoms with Gasteiger partial charge in [0.25, 0.3) is 0 Å². The van der Waals surface area contributed by atoms with Crippen molar-refractivity contribution in [2.75, 3.05) is 65.8 Å². The number of carboxylic acid groups (broad SMARTS) is 1. The molecule has 4 aromatic rings. The van der Waals surface area contributed by atoms with Gasteiger partial charge in [0.2, 0.25) is 21.8 Å². The fourth-order valence-corrected chi connectivity index (χ4v) is 8.76. The number of carbonyl (C=O) groups is 1. The van der Waals surface area contributed by atoms with Crippen LogP contribution in [0, 0.1) is 25.2 Å².